The second-order valence-corrected chi connectivity index (χ2v) is 10.7. The number of unbranched alkanes of at least 4 members (excludes halogenated alkanes) is 3. The Bertz CT molecular complexity index is 104. The molecule has 0 bridgehead atoms. The topological polar surface area (TPSA) is 0 Å². The molecule has 14 heavy (non-hydrogen) atoms. The predicted octanol–water partition coefficient (Wildman–Crippen LogP) is 4.98. The van der Waals surface area contributed by atoms with Crippen LogP contribution in [-0.2, 0) is 0 Å². The summed E-state index contributed by atoms with van der Waals surface area (Å²) in [5.74, 6) is 4.48. The highest BCUT2D eigenvalue weighted by Gasteiger charge is 2.16. The highest BCUT2D eigenvalue weighted by Crippen LogP contribution is 2.57. The highest BCUT2D eigenvalue weighted by molar-refractivity contribution is 8.68. The van der Waals surface area contributed by atoms with Gasteiger partial charge in [0.2, 0.25) is 0 Å². The first kappa shape index (κ1) is 14.8. The summed E-state index contributed by atoms with van der Waals surface area (Å²) in [7, 11) is 2.94. The van der Waals surface area contributed by atoms with E-state index in [1.165, 1.54) is 55.8 Å². The number of hydrogen-bond acceptors (Lipinski definition) is 0. The van der Waals surface area contributed by atoms with E-state index in [4.69, 9.17) is 0 Å². The lowest BCUT2D eigenvalue weighted by Crippen LogP contribution is -2.07. The monoisotopic (exact) mass is 236 g/mol. The molecule has 0 nitrogen and oxygen atoms in total. The summed E-state index contributed by atoms with van der Waals surface area (Å²) in [5, 5.41) is 0. The van der Waals surface area contributed by atoms with Gasteiger partial charge in [-0.2, -0.15) is 0 Å². The van der Waals surface area contributed by atoms with Crippen molar-refractivity contribution in [3.63, 3.8) is 0 Å². The third kappa shape index (κ3) is 7.12. The SMILES string of the molecule is CCCCS(P)(CCCC)CCCC. The lowest BCUT2D eigenvalue weighted by atomic mass is 10.4. The first-order valence-corrected chi connectivity index (χ1v) is 9.84. The second-order valence-electron chi connectivity index (χ2n) is 4.29. The van der Waals surface area contributed by atoms with E-state index in [1.807, 2.05) is 0 Å². The molecular weight excluding hydrogens is 207 g/mol. The first-order chi connectivity index (χ1) is 6.68. The van der Waals surface area contributed by atoms with Crippen molar-refractivity contribution in [2.45, 2.75) is 59.3 Å². The normalized spacial score (nSPS) is 13.1. The Kier molecular flexibility index (Phi) is 9.54. The Morgan fingerprint density at radius 3 is 1.21 bits per heavy atom. The molecule has 0 aromatic carbocycles. The van der Waals surface area contributed by atoms with Gasteiger partial charge in [0.1, 0.15) is 0 Å². The Morgan fingerprint density at radius 1 is 0.714 bits per heavy atom. The smallest absolute Gasteiger partial charge is 0.0197 e. The van der Waals surface area contributed by atoms with Crippen molar-refractivity contribution in [3.05, 3.63) is 0 Å². The van der Waals surface area contributed by atoms with Crippen molar-refractivity contribution in [2.24, 2.45) is 0 Å². The molecule has 0 spiro atoms. The summed E-state index contributed by atoms with van der Waals surface area (Å²) in [4.78, 5) is 0. The van der Waals surface area contributed by atoms with Crippen molar-refractivity contribution >= 4 is 18.1 Å². The molecule has 0 saturated heterocycles. The minimum atomic E-state index is -0.309. The van der Waals surface area contributed by atoms with E-state index < -0.39 is 0 Å². The van der Waals surface area contributed by atoms with Gasteiger partial charge < -0.3 is 0 Å². The van der Waals surface area contributed by atoms with Crippen LogP contribution < -0.4 is 0 Å². The minimum absolute atomic E-state index is 0.309. The quantitative estimate of drug-likeness (QED) is 0.495. The van der Waals surface area contributed by atoms with Crippen LogP contribution in [0.5, 0.6) is 0 Å². The third-order valence-electron chi connectivity index (χ3n) is 2.71. The average Bonchev–Trinajstić information content (AvgIpc) is 2.21. The molecule has 0 aromatic heterocycles. The maximum atomic E-state index is 3.25. The Labute approximate surface area is 94.9 Å². The number of hydrogen-bond donors (Lipinski definition) is 0. The Balaban J connectivity index is 3.89. The molecule has 0 aliphatic rings. The second kappa shape index (κ2) is 9.04. The van der Waals surface area contributed by atoms with Crippen LogP contribution in [0.1, 0.15) is 59.3 Å². The van der Waals surface area contributed by atoms with E-state index in [9.17, 15) is 0 Å². The lowest BCUT2D eigenvalue weighted by molar-refractivity contribution is 0.854. The van der Waals surface area contributed by atoms with Gasteiger partial charge >= 0.3 is 0 Å². The van der Waals surface area contributed by atoms with Crippen molar-refractivity contribution in [2.75, 3.05) is 17.3 Å². The van der Waals surface area contributed by atoms with E-state index >= 15 is 0 Å². The van der Waals surface area contributed by atoms with Crippen LogP contribution in [-0.4, -0.2) is 17.3 Å². The Hall–Kier alpha value is 0.780. The molecule has 0 aromatic rings. The van der Waals surface area contributed by atoms with Gasteiger partial charge in [-0.1, -0.05) is 48.5 Å². The van der Waals surface area contributed by atoms with Crippen molar-refractivity contribution in [1.29, 1.82) is 0 Å². The summed E-state index contributed by atoms with van der Waals surface area (Å²) < 4.78 is 0. The fraction of sp³-hybridized carbons (Fsp3) is 1.00. The average molecular weight is 236 g/mol. The van der Waals surface area contributed by atoms with Gasteiger partial charge in [0.25, 0.3) is 0 Å². The maximum absolute atomic E-state index is 3.25. The third-order valence-corrected chi connectivity index (χ3v) is 8.14. The largest absolute Gasteiger partial charge is 0.226 e. The zero-order chi connectivity index (χ0) is 10.9. The fourth-order valence-electron chi connectivity index (χ4n) is 1.60. The van der Waals surface area contributed by atoms with E-state index in [-0.39, 0.29) is 9.65 Å². The van der Waals surface area contributed by atoms with Gasteiger partial charge in [0.05, 0.1) is 0 Å². The molecule has 0 radical (unpaired) electrons. The molecule has 1 unspecified atom stereocenters. The van der Waals surface area contributed by atoms with Crippen LogP contribution in [0, 0.1) is 0 Å². The molecule has 0 fully saturated rings. The van der Waals surface area contributed by atoms with Gasteiger partial charge in [-0.15, -0.1) is 0 Å². The van der Waals surface area contributed by atoms with Crippen LogP contribution in [0.3, 0.4) is 0 Å². The van der Waals surface area contributed by atoms with Crippen LogP contribution >= 0.6 is 18.1 Å². The molecular formula is C12H29PS. The lowest BCUT2D eigenvalue weighted by Gasteiger charge is -2.36. The maximum Gasteiger partial charge on any atom is -0.0197 e. The van der Waals surface area contributed by atoms with Gasteiger partial charge in [0, 0.05) is 0 Å². The summed E-state index contributed by atoms with van der Waals surface area (Å²) in [5.41, 5.74) is 0. The van der Waals surface area contributed by atoms with E-state index in [2.05, 4.69) is 29.2 Å². The Morgan fingerprint density at radius 2 is 1.00 bits per heavy atom. The van der Waals surface area contributed by atoms with Crippen molar-refractivity contribution in [1.82, 2.24) is 0 Å². The molecule has 0 rings (SSSR count). The first-order valence-electron chi connectivity index (χ1n) is 6.22. The van der Waals surface area contributed by atoms with Crippen molar-refractivity contribution < 1.29 is 0 Å². The minimum Gasteiger partial charge on any atom is -0.226 e. The summed E-state index contributed by atoms with van der Waals surface area (Å²) in [6.07, 6.45) is 8.40. The van der Waals surface area contributed by atoms with Gasteiger partial charge in [-0.05, 0) is 36.5 Å². The van der Waals surface area contributed by atoms with Gasteiger partial charge in [0.15, 0.2) is 0 Å². The molecule has 0 amide bonds. The zero-order valence-electron chi connectivity index (χ0n) is 10.3. The van der Waals surface area contributed by atoms with Crippen LogP contribution in [0.25, 0.3) is 0 Å². The van der Waals surface area contributed by atoms with E-state index in [1.54, 1.807) is 0 Å². The number of rotatable bonds is 9. The molecule has 2 heteroatoms. The zero-order valence-corrected chi connectivity index (χ0v) is 12.3. The molecule has 88 valence electrons. The molecule has 0 heterocycles. The molecule has 1 atom stereocenters. The summed E-state index contributed by atoms with van der Waals surface area (Å²) >= 11 is 0. The summed E-state index contributed by atoms with van der Waals surface area (Å²) in [6, 6.07) is 0. The van der Waals surface area contributed by atoms with Gasteiger partial charge in [-0.25, -0.2) is 9.65 Å². The molecule has 0 aliphatic carbocycles. The van der Waals surface area contributed by atoms with E-state index in [0.29, 0.717) is 0 Å². The standard InChI is InChI=1S/C12H29PS/c1-4-7-10-14(13,11-8-5-2)12-9-6-3/h4-13H2,1-3H3. The molecule has 0 N–H and O–H groups in total. The fourth-order valence-corrected chi connectivity index (χ4v) is 6.30. The van der Waals surface area contributed by atoms with E-state index in [0.717, 1.165) is 0 Å². The molecule has 0 saturated carbocycles. The van der Waals surface area contributed by atoms with Gasteiger partial charge in [-0.3, -0.25) is 0 Å². The van der Waals surface area contributed by atoms with Crippen LogP contribution in [0.15, 0.2) is 0 Å². The summed E-state index contributed by atoms with van der Waals surface area (Å²) in [6.45, 7) is 6.93. The van der Waals surface area contributed by atoms with Crippen molar-refractivity contribution in [3.8, 4) is 0 Å². The van der Waals surface area contributed by atoms with Crippen LogP contribution in [0.4, 0.5) is 0 Å². The highest BCUT2D eigenvalue weighted by atomic mass is 32.8. The predicted molar refractivity (Wildman–Crippen MR) is 76.6 cm³/mol. The molecule has 0 aliphatic heterocycles. The van der Waals surface area contributed by atoms with Crippen LogP contribution in [0.2, 0.25) is 0 Å².